The van der Waals surface area contributed by atoms with Gasteiger partial charge in [0.05, 0.1) is 0 Å². The molecule has 1 aromatic rings. The predicted octanol–water partition coefficient (Wildman–Crippen LogP) is 2.54. The molecule has 0 aliphatic heterocycles. The fraction of sp³-hybridized carbons (Fsp3) is 0.273. The van der Waals surface area contributed by atoms with E-state index >= 15 is 0 Å². The molecule has 1 heterocycles. The van der Waals surface area contributed by atoms with Gasteiger partial charge < -0.3 is 0 Å². The van der Waals surface area contributed by atoms with E-state index < -0.39 is 0 Å². The van der Waals surface area contributed by atoms with Crippen LogP contribution in [0.25, 0.3) is 0 Å². The Morgan fingerprint density at radius 1 is 1.46 bits per heavy atom. The van der Waals surface area contributed by atoms with Gasteiger partial charge in [-0.3, -0.25) is 9.98 Å². The molecule has 2 nitrogen and oxygen atoms in total. The van der Waals surface area contributed by atoms with Crippen LogP contribution >= 0.6 is 0 Å². The smallest absolute Gasteiger partial charge is 0.0445 e. The van der Waals surface area contributed by atoms with E-state index in [4.69, 9.17) is 0 Å². The molecule has 13 heavy (non-hydrogen) atoms. The normalized spacial score (nSPS) is 11.5. The maximum Gasteiger partial charge on any atom is 0.0445 e. The maximum absolute atomic E-state index is 4.37. The second kappa shape index (κ2) is 5.25. The molecule has 0 radical (unpaired) electrons. The molecule has 2 heteroatoms. The summed E-state index contributed by atoms with van der Waals surface area (Å²) in [6.45, 7) is 3.90. The summed E-state index contributed by atoms with van der Waals surface area (Å²) in [5.74, 6) is 0. The number of aryl methyl sites for hydroxylation is 1. The van der Waals surface area contributed by atoms with Gasteiger partial charge in [0.2, 0.25) is 0 Å². The highest BCUT2D eigenvalue weighted by Gasteiger charge is 1.89. The van der Waals surface area contributed by atoms with E-state index in [9.17, 15) is 0 Å². The van der Waals surface area contributed by atoms with Crippen molar-refractivity contribution in [3.63, 3.8) is 0 Å². The van der Waals surface area contributed by atoms with Crippen molar-refractivity contribution in [3.8, 4) is 0 Å². The number of pyridine rings is 1. The van der Waals surface area contributed by atoms with Crippen LogP contribution in [-0.4, -0.2) is 11.2 Å². The summed E-state index contributed by atoms with van der Waals surface area (Å²) < 4.78 is 0. The Balaban J connectivity index is 2.54. The van der Waals surface area contributed by atoms with Gasteiger partial charge in [0.25, 0.3) is 0 Å². The van der Waals surface area contributed by atoms with Gasteiger partial charge in [-0.15, -0.1) is 0 Å². The van der Waals surface area contributed by atoms with Crippen LogP contribution in [0.2, 0.25) is 0 Å². The fourth-order valence-corrected chi connectivity index (χ4v) is 1.03. The zero-order valence-electron chi connectivity index (χ0n) is 8.07. The summed E-state index contributed by atoms with van der Waals surface area (Å²) in [5, 5.41) is 0. The van der Waals surface area contributed by atoms with Crippen LogP contribution in [0, 0.1) is 6.92 Å². The lowest BCUT2D eigenvalue weighted by molar-refractivity contribution is 1.06. The van der Waals surface area contributed by atoms with Crippen LogP contribution in [-0.2, 0) is 6.42 Å². The lowest BCUT2D eigenvalue weighted by Gasteiger charge is -1.95. The van der Waals surface area contributed by atoms with Crippen molar-refractivity contribution in [1.82, 2.24) is 4.98 Å². The number of aromatic nitrogens is 1. The molecule has 1 aromatic heterocycles. The van der Waals surface area contributed by atoms with Crippen LogP contribution in [0.15, 0.2) is 35.5 Å². The monoisotopic (exact) mass is 174 g/mol. The van der Waals surface area contributed by atoms with E-state index in [-0.39, 0.29) is 0 Å². The lowest BCUT2D eigenvalue weighted by atomic mass is 10.2. The van der Waals surface area contributed by atoms with E-state index in [0.717, 1.165) is 17.8 Å². The number of rotatable bonds is 3. The first-order chi connectivity index (χ1) is 6.33. The minimum absolute atomic E-state index is 0.846. The molecular formula is C11H14N2. The van der Waals surface area contributed by atoms with Gasteiger partial charge >= 0.3 is 0 Å². The molecule has 0 aromatic carbocycles. The van der Waals surface area contributed by atoms with Crippen LogP contribution in [0.1, 0.15) is 18.3 Å². The quantitative estimate of drug-likeness (QED) is 0.646. The summed E-state index contributed by atoms with van der Waals surface area (Å²) in [6.07, 6.45) is 6.41. The van der Waals surface area contributed by atoms with E-state index in [2.05, 4.69) is 9.98 Å². The zero-order chi connectivity index (χ0) is 9.52. The van der Waals surface area contributed by atoms with Crippen molar-refractivity contribution < 1.29 is 0 Å². The third-order valence-corrected chi connectivity index (χ3v) is 1.61. The molecule has 0 unspecified atom stereocenters. The number of hydrogen-bond acceptors (Lipinski definition) is 2. The molecule has 0 aliphatic rings. The fourth-order valence-electron chi connectivity index (χ4n) is 1.03. The number of allylic oxidation sites excluding steroid dienone is 1. The van der Waals surface area contributed by atoms with Gasteiger partial charge in [-0.1, -0.05) is 12.1 Å². The molecule has 0 saturated carbocycles. The van der Waals surface area contributed by atoms with Gasteiger partial charge in [-0.2, -0.15) is 0 Å². The van der Waals surface area contributed by atoms with E-state index in [1.807, 2.05) is 38.1 Å². The first-order valence-electron chi connectivity index (χ1n) is 4.38. The van der Waals surface area contributed by atoms with Crippen molar-refractivity contribution in [3.05, 3.63) is 41.9 Å². The zero-order valence-corrected chi connectivity index (χ0v) is 8.07. The first kappa shape index (κ1) is 9.65. The molecule has 0 N–H and O–H groups in total. The van der Waals surface area contributed by atoms with Crippen molar-refractivity contribution in [2.24, 2.45) is 4.99 Å². The number of nitrogens with zero attached hydrogens (tertiary/aromatic N) is 2. The van der Waals surface area contributed by atoms with Gasteiger partial charge in [0.1, 0.15) is 0 Å². The third-order valence-electron chi connectivity index (χ3n) is 1.61. The van der Waals surface area contributed by atoms with Crippen LogP contribution in [0.3, 0.4) is 0 Å². The molecule has 0 spiro atoms. The Kier molecular flexibility index (Phi) is 3.89. The second-order valence-corrected chi connectivity index (χ2v) is 2.77. The Morgan fingerprint density at radius 3 is 3.00 bits per heavy atom. The van der Waals surface area contributed by atoms with Crippen molar-refractivity contribution >= 4 is 6.21 Å². The molecular weight excluding hydrogens is 160 g/mol. The van der Waals surface area contributed by atoms with Gasteiger partial charge in [-0.05, 0) is 26.0 Å². The van der Waals surface area contributed by atoms with Crippen LogP contribution in [0.5, 0.6) is 0 Å². The topological polar surface area (TPSA) is 25.2 Å². The molecule has 1 rings (SSSR count). The highest BCUT2D eigenvalue weighted by atomic mass is 14.7. The average Bonchev–Trinajstić information content (AvgIpc) is 2.13. The summed E-state index contributed by atoms with van der Waals surface area (Å²) >= 11 is 0. The number of hydrogen-bond donors (Lipinski definition) is 0. The van der Waals surface area contributed by atoms with Crippen molar-refractivity contribution in [2.75, 3.05) is 0 Å². The highest BCUT2D eigenvalue weighted by Crippen LogP contribution is 1.99. The third kappa shape index (κ3) is 3.65. The largest absolute Gasteiger partial charge is 0.270 e. The standard InChI is InChI=1S/C11H14N2/c1-3-12-9-5-8-11-7-4-6-10(2)13-11/h3-7,9H,8H2,1-2H3/b9-5-,12-3?. The van der Waals surface area contributed by atoms with Crippen molar-refractivity contribution in [2.45, 2.75) is 20.3 Å². The Morgan fingerprint density at radius 2 is 2.31 bits per heavy atom. The van der Waals surface area contributed by atoms with E-state index in [0.29, 0.717) is 0 Å². The maximum atomic E-state index is 4.37. The van der Waals surface area contributed by atoms with E-state index in [1.165, 1.54) is 0 Å². The number of aliphatic imine (C=N–C) groups is 1. The summed E-state index contributed by atoms with van der Waals surface area (Å²) in [5.41, 5.74) is 2.15. The Hall–Kier alpha value is -1.44. The van der Waals surface area contributed by atoms with Crippen LogP contribution in [0.4, 0.5) is 0 Å². The van der Waals surface area contributed by atoms with Crippen LogP contribution < -0.4 is 0 Å². The molecule has 0 bridgehead atoms. The summed E-state index contributed by atoms with van der Waals surface area (Å²) in [7, 11) is 0. The minimum Gasteiger partial charge on any atom is -0.270 e. The van der Waals surface area contributed by atoms with Gasteiger partial charge in [-0.25, -0.2) is 0 Å². The molecule has 0 saturated heterocycles. The summed E-state index contributed by atoms with van der Waals surface area (Å²) in [6, 6.07) is 6.04. The molecule has 0 amide bonds. The molecule has 0 fully saturated rings. The molecule has 68 valence electrons. The SMILES string of the molecule is CC=N/C=C\Cc1cccc(C)n1. The van der Waals surface area contributed by atoms with Gasteiger partial charge in [0, 0.05) is 30.2 Å². The predicted molar refractivity (Wildman–Crippen MR) is 56.0 cm³/mol. The lowest BCUT2D eigenvalue weighted by Crippen LogP contribution is -1.88. The van der Waals surface area contributed by atoms with E-state index in [1.54, 1.807) is 12.4 Å². The Bertz CT molecular complexity index is 314. The first-order valence-corrected chi connectivity index (χ1v) is 4.38. The van der Waals surface area contributed by atoms with Crippen molar-refractivity contribution in [1.29, 1.82) is 0 Å². The Labute approximate surface area is 79.0 Å². The minimum atomic E-state index is 0.846. The molecule has 0 aliphatic carbocycles. The molecule has 0 atom stereocenters. The second-order valence-electron chi connectivity index (χ2n) is 2.77. The highest BCUT2D eigenvalue weighted by molar-refractivity contribution is 5.54. The average molecular weight is 174 g/mol. The van der Waals surface area contributed by atoms with Gasteiger partial charge in [0.15, 0.2) is 0 Å². The summed E-state index contributed by atoms with van der Waals surface area (Å²) in [4.78, 5) is 8.34.